The molecule has 3 saturated heterocycles. The molecule has 6 aliphatic rings. The average Bonchev–Trinajstić information content (AvgIpc) is 1.64. The molecule has 0 radical (unpaired) electrons. The fourth-order valence-corrected chi connectivity index (χ4v) is 16.1. The van der Waals surface area contributed by atoms with Crippen LogP contribution in [0, 0.1) is 34.9 Å². The molecular formula is C84H97ClF6N24. The summed E-state index contributed by atoms with van der Waals surface area (Å²) in [7, 11) is 0. The highest BCUT2D eigenvalue weighted by Crippen LogP contribution is 2.35. The first-order valence-corrected chi connectivity index (χ1v) is 40.7. The molecular weight excluding hydrogens is 1490 g/mol. The van der Waals surface area contributed by atoms with Gasteiger partial charge in [-0.15, -0.1) is 0 Å². The van der Waals surface area contributed by atoms with Gasteiger partial charge in [-0.3, -0.25) is 14.7 Å². The van der Waals surface area contributed by atoms with Gasteiger partial charge in [-0.25, -0.2) is 86.2 Å². The number of nitrogens with one attached hydrogen (secondary N) is 2. The highest BCUT2D eigenvalue weighted by atomic mass is 35.5. The lowest BCUT2D eigenvalue weighted by atomic mass is 10.1. The van der Waals surface area contributed by atoms with Crippen molar-refractivity contribution in [3.63, 3.8) is 0 Å². The molecule has 24 nitrogen and oxygen atoms in total. The molecule has 602 valence electrons. The maximum Gasteiger partial charge on any atom is 0.229 e. The second kappa shape index (κ2) is 37.2. The highest BCUT2D eigenvalue weighted by molar-refractivity contribution is 6.28. The molecule has 31 heteroatoms. The fourth-order valence-electron chi connectivity index (χ4n) is 15.9. The van der Waals surface area contributed by atoms with Crippen LogP contribution in [0.15, 0.2) is 110 Å². The first kappa shape index (κ1) is 80.0. The smallest absolute Gasteiger partial charge is 0.229 e. The van der Waals surface area contributed by atoms with Gasteiger partial charge in [0, 0.05) is 172 Å². The number of hydrogen-bond acceptors (Lipinski definition) is 21. The van der Waals surface area contributed by atoms with Gasteiger partial charge >= 0.3 is 0 Å². The zero-order valence-corrected chi connectivity index (χ0v) is 66.1. The normalized spacial score (nSPS) is 16.7. The monoisotopic (exact) mass is 1590 g/mol. The zero-order valence-electron chi connectivity index (χ0n) is 65.3. The van der Waals surface area contributed by atoms with Gasteiger partial charge in [-0.05, 0) is 141 Å². The number of halogens is 7. The first-order valence-electron chi connectivity index (χ1n) is 40.3. The number of nitrogens with zero attached hydrogens (tertiary/aromatic N) is 21. The second-order valence-corrected chi connectivity index (χ2v) is 30.5. The lowest BCUT2D eigenvalue weighted by Crippen LogP contribution is -2.45. The van der Waals surface area contributed by atoms with Gasteiger partial charge < -0.3 is 44.8 Å². The first-order chi connectivity index (χ1) is 56.0. The van der Waals surface area contributed by atoms with E-state index in [4.69, 9.17) is 17.3 Å². The van der Waals surface area contributed by atoms with Crippen molar-refractivity contribution in [2.45, 2.75) is 137 Å². The molecule has 3 fully saturated rings. The molecule has 0 atom stereocenters. The molecule has 4 N–H and O–H groups in total. The third kappa shape index (κ3) is 19.5. The largest absolute Gasteiger partial charge is 0.384 e. The molecule has 0 saturated carbocycles. The van der Waals surface area contributed by atoms with Crippen LogP contribution in [0.1, 0.15) is 113 Å². The SMILES string of the molecule is CCN1CCN(Cc2ccc(N)nc2)CC1.CCN1CCN(Cc2ccc(Nc3ncc(F)c(-c4cc(F)c5nc6n(c5c4)CCCCC6)n3)nc2)CC1.CCN1CCN(Cc2ccc(Nc3ncc(F)c(-c4cc(F)c5nc6n(c5c4)CCCCC6)n3)nc2)CC1.Fc1cnc(Cl)nc1-c1cc(F)c2nc3n(c2c1)CCCCC3. The van der Waals surface area contributed by atoms with E-state index in [1.165, 1.54) is 36.9 Å². The summed E-state index contributed by atoms with van der Waals surface area (Å²) in [6.07, 6.45) is 20.8. The van der Waals surface area contributed by atoms with Crippen molar-refractivity contribution in [3.05, 3.63) is 184 Å². The molecule has 0 aliphatic carbocycles. The molecule has 18 rings (SSSR count). The second-order valence-electron chi connectivity index (χ2n) is 30.1. The number of aryl methyl sites for hydroxylation is 6. The summed E-state index contributed by atoms with van der Waals surface area (Å²) in [6, 6.07) is 20.9. The van der Waals surface area contributed by atoms with Crippen LogP contribution in [-0.2, 0) is 58.5 Å². The van der Waals surface area contributed by atoms with E-state index in [2.05, 4.69) is 136 Å². The van der Waals surface area contributed by atoms with E-state index >= 15 is 8.78 Å². The Kier molecular flexibility index (Phi) is 25.8. The summed E-state index contributed by atoms with van der Waals surface area (Å²) in [5.74, 6) is 1.48. The Morgan fingerprint density at radius 3 is 1.00 bits per heavy atom. The highest BCUT2D eigenvalue weighted by Gasteiger charge is 2.26. The topological polar surface area (TPSA) is 239 Å². The Morgan fingerprint density at radius 1 is 0.339 bits per heavy atom. The summed E-state index contributed by atoms with van der Waals surface area (Å²) in [6.45, 7) is 28.3. The van der Waals surface area contributed by atoms with Gasteiger partial charge in [0.25, 0.3) is 0 Å². The fraction of sp³-hybridized carbons (Fsp3) is 0.429. The molecule has 115 heavy (non-hydrogen) atoms. The number of nitrogen functional groups attached to an aromatic ring is 1. The Bertz CT molecular complexity index is 5090. The Balaban J connectivity index is 0.000000127. The zero-order chi connectivity index (χ0) is 79.5. The lowest BCUT2D eigenvalue weighted by molar-refractivity contribution is 0.132. The number of imidazole rings is 3. The Hall–Kier alpha value is -10.2. The van der Waals surface area contributed by atoms with Gasteiger partial charge in [-0.2, -0.15) is 0 Å². The lowest BCUT2D eigenvalue weighted by Gasteiger charge is -2.33. The molecule has 15 heterocycles. The van der Waals surface area contributed by atoms with Crippen LogP contribution in [0.5, 0.6) is 0 Å². The quantitative estimate of drug-likeness (QED) is 0.0602. The summed E-state index contributed by atoms with van der Waals surface area (Å²) >= 11 is 5.74. The van der Waals surface area contributed by atoms with Crippen molar-refractivity contribution in [1.29, 1.82) is 0 Å². The number of rotatable bonds is 16. The van der Waals surface area contributed by atoms with Gasteiger partial charge in [0.05, 0.1) is 35.1 Å². The maximum absolute atomic E-state index is 15.1. The minimum Gasteiger partial charge on any atom is -0.384 e. The standard InChI is InChI=1S/2C28H32F2N8.C16H13ClF2N4.C12H20N4/c2*1-2-36-10-12-37(13-11-36)18-19-7-8-24(31-16-19)33-28-32-17-22(30)26(35-28)20-14-21(29)27-23(15-20)38-9-5-3-4-6-25(38)34-27;17-16-20-8-11(19)14(22-16)9-6-10(18)15-12(7-9)23-5-3-1-2-4-13(23)21-15;1-2-15-5-7-16(8-6-15)10-11-3-4-12(13)14-9-11/h2*7-8,14-17H,2-6,9-13,18H2,1H3,(H,31,32,33,35);6-8H,1-5H2;3-4,9H,2,5-8,10H2,1H3,(H2,13,14). The van der Waals surface area contributed by atoms with E-state index in [0.29, 0.717) is 67.2 Å². The van der Waals surface area contributed by atoms with Crippen LogP contribution < -0.4 is 16.4 Å². The van der Waals surface area contributed by atoms with Crippen molar-refractivity contribution < 1.29 is 26.3 Å². The third-order valence-corrected chi connectivity index (χ3v) is 22.6. The Morgan fingerprint density at radius 2 is 0.670 bits per heavy atom. The minimum atomic E-state index is -0.635. The number of likely N-dealkylation sites (N-methyl/N-ethyl adjacent to an activating group) is 3. The van der Waals surface area contributed by atoms with Crippen molar-refractivity contribution >= 4 is 74.1 Å². The number of nitrogens with two attached hydrogens (primary N) is 1. The molecule has 3 aromatic carbocycles. The minimum absolute atomic E-state index is 0.00466. The summed E-state index contributed by atoms with van der Waals surface area (Å²) in [4.78, 5) is 65.8. The number of pyridine rings is 3. The van der Waals surface area contributed by atoms with Gasteiger partial charge in [0.15, 0.2) is 34.9 Å². The molecule has 0 amide bonds. The van der Waals surface area contributed by atoms with E-state index in [0.717, 1.165) is 249 Å². The van der Waals surface area contributed by atoms with Crippen molar-refractivity contribution in [2.75, 3.05) is 115 Å². The van der Waals surface area contributed by atoms with Crippen LogP contribution in [0.4, 0.5) is 55.7 Å². The van der Waals surface area contributed by atoms with E-state index < -0.39 is 34.9 Å². The van der Waals surface area contributed by atoms with Crippen LogP contribution in [0.3, 0.4) is 0 Å². The summed E-state index contributed by atoms with van der Waals surface area (Å²) < 4.78 is 94.5. The predicted molar refractivity (Wildman–Crippen MR) is 436 cm³/mol. The average molecular weight is 1590 g/mol. The number of aromatic nitrogens is 15. The third-order valence-electron chi connectivity index (χ3n) is 22.5. The molecule has 0 bridgehead atoms. The van der Waals surface area contributed by atoms with E-state index in [-0.39, 0.29) is 34.3 Å². The number of anilines is 5. The molecule has 6 aliphatic heterocycles. The van der Waals surface area contributed by atoms with Crippen LogP contribution >= 0.6 is 11.6 Å². The predicted octanol–water partition coefficient (Wildman–Crippen LogP) is 14.5. The summed E-state index contributed by atoms with van der Waals surface area (Å²) in [5.41, 5.74) is 13.2. The number of benzene rings is 3. The van der Waals surface area contributed by atoms with E-state index in [1.807, 2.05) is 53.5 Å². The molecule has 0 spiro atoms. The number of fused-ring (bicyclic) bond motifs is 9. The Labute approximate surface area is 669 Å². The van der Waals surface area contributed by atoms with Crippen molar-refractivity contribution in [1.82, 2.24) is 103 Å². The van der Waals surface area contributed by atoms with Gasteiger partial charge in [0.2, 0.25) is 17.2 Å². The van der Waals surface area contributed by atoms with Crippen LogP contribution in [0.25, 0.3) is 66.9 Å². The number of piperazine rings is 3. The molecule has 9 aromatic heterocycles. The van der Waals surface area contributed by atoms with Crippen LogP contribution in [-0.4, -0.2) is 201 Å². The van der Waals surface area contributed by atoms with E-state index in [1.54, 1.807) is 18.2 Å². The summed E-state index contributed by atoms with van der Waals surface area (Å²) in [5, 5.41) is 6.04. The van der Waals surface area contributed by atoms with Gasteiger partial charge in [-0.1, -0.05) is 58.2 Å². The maximum atomic E-state index is 15.1. The van der Waals surface area contributed by atoms with Crippen molar-refractivity contribution in [3.8, 4) is 33.8 Å². The van der Waals surface area contributed by atoms with Gasteiger partial charge in [0.1, 0.15) is 68.6 Å². The molecule has 12 aromatic rings. The molecule has 0 unspecified atom stereocenters. The van der Waals surface area contributed by atoms with E-state index in [9.17, 15) is 17.6 Å². The van der Waals surface area contributed by atoms with Crippen molar-refractivity contribution in [2.24, 2.45) is 0 Å². The van der Waals surface area contributed by atoms with Crippen LogP contribution in [0.2, 0.25) is 5.28 Å². The number of hydrogen-bond donors (Lipinski definition) is 3.